The lowest BCUT2D eigenvalue weighted by atomic mass is 10.1. The second-order valence-corrected chi connectivity index (χ2v) is 7.37. The van der Waals surface area contributed by atoms with Gasteiger partial charge in [0.1, 0.15) is 5.82 Å². The number of nitrogens with zero attached hydrogens (tertiary/aromatic N) is 4. The van der Waals surface area contributed by atoms with Crippen molar-refractivity contribution in [3.8, 4) is 0 Å². The Labute approximate surface area is 173 Å². The van der Waals surface area contributed by atoms with Crippen LogP contribution in [0.15, 0.2) is 79.0 Å². The molecule has 5 rings (SSSR count). The van der Waals surface area contributed by atoms with Crippen LogP contribution in [0.25, 0.3) is 10.9 Å². The largest absolute Gasteiger partial charge is 0.330 e. The molecule has 0 N–H and O–H groups in total. The van der Waals surface area contributed by atoms with Crippen molar-refractivity contribution in [2.75, 3.05) is 4.90 Å². The molecule has 0 spiro atoms. The Morgan fingerprint density at radius 3 is 2.76 bits per heavy atom. The molecule has 142 valence electrons. The second-order valence-electron chi connectivity index (χ2n) is 6.94. The van der Waals surface area contributed by atoms with E-state index in [0.717, 1.165) is 22.2 Å². The highest BCUT2D eigenvalue weighted by atomic mass is 35.5. The summed E-state index contributed by atoms with van der Waals surface area (Å²) in [5.74, 6) is 0.641. The van der Waals surface area contributed by atoms with Gasteiger partial charge in [-0.15, -0.1) is 0 Å². The van der Waals surface area contributed by atoms with Crippen LogP contribution < -0.4 is 4.90 Å². The van der Waals surface area contributed by atoms with Crippen molar-refractivity contribution in [3.05, 3.63) is 95.3 Å². The minimum atomic E-state index is -0.145. The summed E-state index contributed by atoms with van der Waals surface area (Å²) in [7, 11) is 0. The Hall–Kier alpha value is -3.44. The van der Waals surface area contributed by atoms with Crippen LogP contribution >= 0.6 is 11.6 Å². The van der Waals surface area contributed by atoms with Crippen molar-refractivity contribution in [1.29, 1.82) is 0 Å². The van der Waals surface area contributed by atoms with E-state index in [4.69, 9.17) is 16.6 Å². The van der Waals surface area contributed by atoms with Crippen LogP contribution in [0.3, 0.4) is 0 Å². The number of urea groups is 1. The molecule has 2 amide bonds. The van der Waals surface area contributed by atoms with Crippen molar-refractivity contribution >= 4 is 40.0 Å². The molecule has 0 radical (unpaired) electrons. The third-order valence-corrected chi connectivity index (χ3v) is 5.21. The molecule has 2 aromatic carbocycles. The van der Waals surface area contributed by atoms with Gasteiger partial charge in [0.05, 0.1) is 30.0 Å². The minimum Gasteiger partial charge on any atom is -0.314 e. The minimum absolute atomic E-state index is 0.145. The van der Waals surface area contributed by atoms with Crippen molar-refractivity contribution < 1.29 is 4.79 Å². The van der Waals surface area contributed by atoms with E-state index >= 15 is 0 Å². The first-order valence-corrected chi connectivity index (χ1v) is 9.70. The van der Waals surface area contributed by atoms with Gasteiger partial charge in [-0.25, -0.2) is 14.7 Å². The zero-order valence-corrected chi connectivity index (χ0v) is 16.3. The van der Waals surface area contributed by atoms with Crippen LogP contribution in [-0.4, -0.2) is 20.9 Å². The fourth-order valence-electron chi connectivity index (χ4n) is 3.62. The van der Waals surface area contributed by atoms with E-state index in [1.54, 1.807) is 28.1 Å². The monoisotopic (exact) mass is 400 g/mol. The molecule has 1 aliphatic heterocycles. The van der Waals surface area contributed by atoms with Crippen molar-refractivity contribution in [2.24, 2.45) is 0 Å². The van der Waals surface area contributed by atoms with Gasteiger partial charge in [-0.3, -0.25) is 4.98 Å². The molecule has 0 bridgehead atoms. The van der Waals surface area contributed by atoms with Crippen LogP contribution in [0.4, 0.5) is 16.3 Å². The molecule has 1 aliphatic rings. The molecule has 0 fully saturated rings. The summed E-state index contributed by atoms with van der Waals surface area (Å²) in [6, 6.07) is 23.0. The third-order valence-electron chi connectivity index (χ3n) is 4.98. The number of para-hydroxylation sites is 1. The van der Waals surface area contributed by atoms with E-state index < -0.39 is 0 Å². The molecule has 0 unspecified atom stereocenters. The van der Waals surface area contributed by atoms with Gasteiger partial charge in [-0.05, 0) is 36.4 Å². The number of rotatable bonds is 3. The zero-order chi connectivity index (χ0) is 19.8. The van der Waals surface area contributed by atoms with E-state index in [1.165, 1.54) is 0 Å². The van der Waals surface area contributed by atoms with E-state index in [0.29, 0.717) is 29.6 Å². The third kappa shape index (κ3) is 3.30. The summed E-state index contributed by atoms with van der Waals surface area (Å²) in [6.45, 7) is 0.892. The van der Waals surface area contributed by atoms with Crippen LogP contribution in [0.1, 0.15) is 11.3 Å². The average Bonchev–Trinajstić information content (AvgIpc) is 2.74. The van der Waals surface area contributed by atoms with Crippen LogP contribution in [0, 0.1) is 0 Å². The number of carbonyl (C=O) groups excluding carboxylic acids is 1. The molecule has 0 saturated carbocycles. The first kappa shape index (κ1) is 17.6. The average molecular weight is 401 g/mol. The lowest BCUT2D eigenvalue weighted by Crippen LogP contribution is -2.44. The number of anilines is 2. The quantitative estimate of drug-likeness (QED) is 0.452. The normalized spacial score (nSPS) is 13.6. The summed E-state index contributed by atoms with van der Waals surface area (Å²) < 4.78 is 0. The molecule has 2 aromatic heterocycles. The van der Waals surface area contributed by atoms with E-state index in [1.807, 2.05) is 60.7 Å². The topological polar surface area (TPSA) is 49.3 Å². The zero-order valence-electron chi connectivity index (χ0n) is 15.5. The highest BCUT2D eigenvalue weighted by Crippen LogP contribution is 2.34. The molecule has 6 heteroatoms. The summed E-state index contributed by atoms with van der Waals surface area (Å²) in [5, 5.41) is 1.65. The van der Waals surface area contributed by atoms with Crippen LogP contribution in [0.5, 0.6) is 0 Å². The fraction of sp³-hybridized carbons (Fsp3) is 0.0870. The lowest BCUT2D eigenvalue weighted by molar-refractivity contribution is 0.197. The van der Waals surface area contributed by atoms with Gasteiger partial charge in [0, 0.05) is 22.2 Å². The Morgan fingerprint density at radius 1 is 0.966 bits per heavy atom. The van der Waals surface area contributed by atoms with Gasteiger partial charge in [-0.1, -0.05) is 48.0 Å². The van der Waals surface area contributed by atoms with Crippen molar-refractivity contribution in [3.63, 3.8) is 0 Å². The van der Waals surface area contributed by atoms with Gasteiger partial charge in [0.2, 0.25) is 0 Å². The van der Waals surface area contributed by atoms with Crippen LogP contribution in [0.2, 0.25) is 5.02 Å². The molecule has 29 heavy (non-hydrogen) atoms. The summed E-state index contributed by atoms with van der Waals surface area (Å²) in [6.07, 6.45) is 1.70. The van der Waals surface area contributed by atoms with Gasteiger partial charge >= 0.3 is 6.03 Å². The lowest BCUT2D eigenvalue weighted by Gasteiger charge is -2.36. The first-order chi connectivity index (χ1) is 14.2. The Kier molecular flexibility index (Phi) is 4.37. The van der Waals surface area contributed by atoms with Gasteiger partial charge in [0.25, 0.3) is 0 Å². The van der Waals surface area contributed by atoms with Gasteiger partial charge < -0.3 is 4.90 Å². The number of carbonyl (C=O) groups is 1. The van der Waals surface area contributed by atoms with Crippen LogP contribution in [-0.2, 0) is 13.1 Å². The molecule has 0 aliphatic carbocycles. The maximum atomic E-state index is 13.4. The summed E-state index contributed by atoms with van der Waals surface area (Å²) >= 11 is 6.18. The first-order valence-electron chi connectivity index (χ1n) is 9.32. The number of benzene rings is 2. The second kappa shape index (κ2) is 7.18. The number of hydrogen-bond donors (Lipinski definition) is 0. The maximum absolute atomic E-state index is 13.4. The molecule has 4 aromatic rings. The number of hydrogen-bond acceptors (Lipinski definition) is 3. The fourth-order valence-corrected chi connectivity index (χ4v) is 3.81. The number of halogens is 1. The van der Waals surface area contributed by atoms with E-state index in [9.17, 15) is 4.79 Å². The van der Waals surface area contributed by atoms with E-state index in [-0.39, 0.29) is 6.03 Å². The Balaban J connectivity index is 1.53. The predicted octanol–water partition coefficient (Wildman–Crippen LogP) is 5.56. The highest BCUT2D eigenvalue weighted by Gasteiger charge is 2.32. The molecular weight excluding hydrogens is 384 g/mol. The number of aromatic nitrogens is 2. The molecule has 3 heterocycles. The number of fused-ring (bicyclic) bond motifs is 2. The van der Waals surface area contributed by atoms with Crippen molar-refractivity contribution in [1.82, 2.24) is 14.9 Å². The summed E-state index contributed by atoms with van der Waals surface area (Å²) in [4.78, 5) is 26.0. The molecule has 0 saturated heterocycles. The molecule has 5 nitrogen and oxygen atoms in total. The van der Waals surface area contributed by atoms with E-state index in [2.05, 4.69) is 4.98 Å². The predicted molar refractivity (Wildman–Crippen MR) is 114 cm³/mol. The highest BCUT2D eigenvalue weighted by molar-refractivity contribution is 6.31. The molecular formula is C23H17ClN4O. The standard InChI is InChI=1S/C23H17ClN4O/c24-18-7-3-8-20(13-18)28-22-17(6-4-12-25-22)14-27(23(28)29)15-19-11-10-16-5-1-2-9-21(16)26-19/h1-13H,14-15H2. The van der Waals surface area contributed by atoms with Crippen molar-refractivity contribution in [2.45, 2.75) is 13.1 Å². The Bertz CT molecular complexity index is 1230. The van der Waals surface area contributed by atoms with Gasteiger partial charge in [0.15, 0.2) is 0 Å². The number of amides is 2. The maximum Gasteiger partial charge on any atom is 0.330 e. The smallest absolute Gasteiger partial charge is 0.314 e. The summed E-state index contributed by atoms with van der Waals surface area (Å²) in [5.41, 5.74) is 3.44. The van der Waals surface area contributed by atoms with Gasteiger partial charge in [-0.2, -0.15) is 0 Å². The molecule has 0 atom stereocenters. The SMILES string of the molecule is O=C1N(Cc2ccc3ccccc3n2)Cc2cccnc2N1c1cccc(Cl)c1. The number of pyridine rings is 2. The Morgan fingerprint density at radius 2 is 1.86 bits per heavy atom.